The molecule has 1 aliphatic heterocycles. The molecule has 1 aromatic carbocycles. The second-order valence-electron chi connectivity index (χ2n) is 5.73. The lowest BCUT2D eigenvalue weighted by Gasteiger charge is -2.11. The molecule has 134 valence electrons. The maximum absolute atomic E-state index is 12.9. The van der Waals surface area contributed by atoms with Gasteiger partial charge in [-0.05, 0) is 42.5 Å². The van der Waals surface area contributed by atoms with Gasteiger partial charge >= 0.3 is 0 Å². The van der Waals surface area contributed by atoms with Gasteiger partial charge in [0.2, 0.25) is 5.13 Å². The molecule has 3 heterocycles. The average molecular weight is 393 g/mol. The minimum absolute atomic E-state index is 0.0965. The number of fused-ring (bicyclic) bond motifs is 1. The molecule has 0 unspecified atom stereocenters. The van der Waals surface area contributed by atoms with Crippen LogP contribution in [0.1, 0.15) is 10.6 Å². The van der Waals surface area contributed by atoms with Crippen LogP contribution in [0.4, 0.5) is 5.13 Å². The summed E-state index contributed by atoms with van der Waals surface area (Å²) in [7, 11) is 0. The van der Waals surface area contributed by atoms with Crippen molar-refractivity contribution in [3.05, 3.63) is 64.7 Å². The van der Waals surface area contributed by atoms with E-state index in [9.17, 15) is 4.79 Å². The molecule has 1 fully saturated rings. The molecule has 1 aliphatic rings. The molecular weight excluding hydrogens is 378 g/mol. The Morgan fingerprint density at radius 1 is 1.26 bits per heavy atom. The lowest BCUT2D eigenvalue weighted by atomic mass is 10.1. The van der Waals surface area contributed by atoms with Gasteiger partial charge < -0.3 is 0 Å². The molecule has 0 spiro atoms. The van der Waals surface area contributed by atoms with Crippen molar-refractivity contribution in [3.63, 3.8) is 0 Å². The first kappa shape index (κ1) is 17.6. The van der Waals surface area contributed by atoms with E-state index in [2.05, 4.69) is 26.8 Å². The van der Waals surface area contributed by atoms with E-state index >= 15 is 0 Å². The van der Waals surface area contributed by atoms with Gasteiger partial charge in [-0.3, -0.25) is 14.7 Å². The Morgan fingerprint density at radius 3 is 2.89 bits per heavy atom. The highest BCUT2D eigenvalue weighted by molar-refractivity contribution is 8.18. The highest BCUT2D eigenvalue weighted by atomic mass is 32.2. The first-order valence-corrected chi connectivity index (χ1v) is 9.84. The van der Waals surface area contributed by atoms with Crippen LogP contribution >= 0.6 is 23.1 Å². The highest BCUT2D eigenvalue weighted by Crippen LogP contribution is 2.35. The summed E-state index contributed by atoms with van der Waals surface area (Å²) in [5.41, 5.74) is 1.84. The van der Waals surface area contributed by atoms with Gasteiger partial charge in [-0.15, -0.1) is 16.8 Å². The molecule has 8 heteroatoms. The minimum atomic E-state index is -0.0965. The van der Waals surface area contributed by atoms with Gasteiger partial charge in [0.1, 0.15) is 5.01 Å². The second-order valence-corrected chi connectivity index (χ2v) is 7.90. The van der Waals surface area contributed by atoms with E-state index in [1.54, 1.807) is 17.2 Å². The number of carbonyl (C=O) groups excluding carboxylic acids is 1. The zero-order valence-corrected chi connectivity index (χ0v) is 16.1. The third-order valence-electron chi connectivity index (χ3n) is 3.88. The van der Waals surface area contributed by atoms with Gasteiger partial charge in [0.15, 0.2) is 5.17 Å². The molecule has 2 aromatic heterocycles. The number of aryl methyl sites for hydroxylation is 1. The van der Waals surface area contributed by atoms with Crippen LogP contribution in [0.3, 0.4) is 0 Å². The van der Waals surface area contributed by atoms with Crippen LogP contribution in [0.2, 0.25) is 0 Å². The predicted molar refractivity (Wildman–Crippen MR) is 111 cm³/mol. The molecule has 6 nitrogen and oxygen atoms in total. The summed E-state index contributed by atoms with van der Waals surface area (Å²) in [6.07, 6.45) is 5.32. The maximum Gasteiger partial charge on any atom is 0.267 e. The van der Waals surface area contributed by atoms with Crippen molar-refractivity contribution in [1.82, 2.24) is 20.1 Å². The Hall–Kier alpha value is -2.84. The molecule has 27 heavy (non-hydrogen) atoms. The third kappa shape index (κ3) is 3.54. The number of hydrogen-bond acceptors (Lipinski definition) is 7. The molecular formula is C19H15N5OS2. The third-order valence-corrected chi connectivity index (χ3v) is 5.61. The number of benzene rings is 1. The first-order chi connectivity index (χ1) is 13.2. The summed E-state index contributed by atoms with van der Waals surface area (Å²) < 4.78 is 0. The predicted octanol–water partition coefficient (Wildman–Crippen LogP) is 4.18. The van der Waals surface area contributed by atoms with E-state index in [0.717, 1.165) is 21.5 Å². The summed E-state index contributed by atoms with van der Waals surface area (Å²) in [4.78, 5) is 24.0. The number of rotatable bonds is 4. The number of nitrogens with zero attached hydrogens (tertiary/aromatic N) is 5. The first-order valence-electron chi connectivity index (χ1n) is 8.20. The summed E-state index contributed by atoms with van der Waals surface area (Å²) in [6.45, 7) is 6.00. The Labute approximate surface area is 164 Å². The number of amides is 1. The van der Waals surface area contributed by atoms with Crippen molar-refractivity contribution in [1.29, 1.82) is 0 Å². The highest BCUT2D eigenvalue weighted by Gasteiger charge is 2.33. The number of amidine groups is 1. The smallest absolute Gasteiger partial charge is 0.267 e. The molecule has 1 saturated heterocycles. The monoisotopic (exact) mass is 393 g/mol. The van der Waals surface area contributed by atoms with Crippen LogP contribution in [0.25, 0.3) is 17.0 Å². The van der Waals surface area contributed by atoms with Crippen molar-refractivity contribution >= 4 is 56.3 Å². The SMILES string of the molecule is C=CCN1C(=O)/C(=C/c2ccnc3ccccc23)S/C1=N\c1nnc(C)s1. The number of aromatic nitrogens is 3. The topological polar surface area (TPSA) is 71.3 Å². The number of hydrogen-bond donors (Lipinski definition) is 0. The fourth-order valence-corrected chi connectivity index (χ4v) is 4.28. The fourth-order valence-electron chi connectivity index (χ4n) is 2.68. The second kappa shape index (κ2) is 7.42. The molecule has 4 rings (SSSR count). The summed E-state index contributed by atoms with van der Waals surface area (Å²) in [5, 5.41) is 11.0. The van der Waals surface area contributed by atoms with E-state index in [1.165, 1.54) is 23.1 Å². The van der Waals surface area contributed by atoms with Crippen molar-refractivity contribution in [3.8, 4) is 0 Å². The maximum atomic E-state index is 12.9. The lowest BCUT2D eigenvalue weighted by Crippen LogP contribution is -2.29. The summed E-state index contributed by atoms with van der Waals surface area (Å²) >= 11 is 2.72. The Bertz CT molecular complexity index is 1100. The van der Waals surface area contributed by atoms with Gasteiger partial charge in [0.25, 0.3) is 5.91 Å². The van der Waals surface area contributed by atoms with Crippen molar-refractivity contribution in [2.45, 2.75) is 6.92 Å². The van der Waals surface area contributed by atoms with E-state index in [-0.39, 0.29) is 5.91 Å². The number of thioether (sulfide) groups is 1. The number of aliphatic imine (C=N–C) groups is 1. The fraction of sp³-hybridized carbons (Fsp3) is 0.105. The molecule has 0 saturated carbocycles. The van der Waals surface area contributed by atoms with Gasteiger partial charge in [0, 0.05) is 18.1 Å². The zero-order valence-electron chi connectivity index (χ0n) is 14.5. The summed E-state index contributed by atoms with van der Waals surface area (Å²) in [6, 6.07) is 9.77. The van der Waals surface area contributed by atoms with Gasteiger partial charge in [0.05, 0.1) is 10.4 Å². The Morgan fingerprint density at radius 2 is 2.11 bits per heavy atom. The summed E-state index contributed by atoms with van der Waals surface area (Å²) in [5.74, 6) is -0.0965. The average Bonchev–Trinajstić information content (AvgIpc) is 3.21. The zero-order chi connectivity index (χ0) is 18.8. The van der Waals surface area contributed by atoms with Crippen LogP contribution < -0.4 is 0 Å². The molecule has 0 N–H and O–H groups in total. The van der Waals surface area contributed by atoms with E-state index in [1.807, 2.05) is 43.3 Å². The van der Waals surface area contributed by atoms with Gasteiger partial charge in [-0.1, -0.05) is 35.6 Å². The largest absolute Gasteiger partial charge is 0.282 e. The lowest BCUT2D eigenvalue weighted by molar-refractivity contribution is -0.121. The van der Waals surface area contributed by atoms with Crippen LogP contribution in [0.5, 0.6) is 0 Å². The van der Waals surface area contributed by atoms with Crippen molar-refractivity contribution < 1.29 is 4.79 Å². The van der Waals surface area contributed by atoms with E-state index in [4.69, 9.17) is 0 Å². The number of para-hydroxylation sites is 1. The molecule has 3 aromatic rings. The number of pyridine rings is 1. The Kier molecular flexibility index (Phi) is 4.83. The molecule has 1 amide bonds. The van der Waals surface area contributed by atoms with Crippen LogP contribution in [-0.4, -0.2) is 37.7 Å². The Balaban J connectivity index is 1.75. The molecule has 0 radical (unpaired) electrons. The van der Waals surface area contributed by atoms with E-state index < -0.39 is 0 Å². The van der Waals surface area contributed by atoms with Crippen LogP contribution in [0, 0.1) is 6.92 Å². The minimum Gasteiger partial charge on any atom is -0.282 e. The van der Waals surface area contributed by atoms with Crippen LogP contribution in [-0.2, 0) is 4.79 Å². The normalized spacial score (nSPS) is 17.4. The molecule has 0 bridgehead atoms. The number of carbonyl (C=O) groups is 1. The van der Waals surface area contributed by atoms with Crippen LogP contribution in [0.15, 0.2) is 59.1 Å². The standard InChI is InChI=1S/C19H15N5OS2/c1-3-10-24-17(25)16(27-19(24)21-18-23-22-12(2)26-18)11-13-8-9-20-15-7-5-4-6-14(13)15/h3-9,11H,1,10H2,2H3/b16-11-,21-19-. The van der Waals surface area contributed by atoms with E-state index in [0.29, 0.717) is 21.7 Å². The van der Waals surface area contributed by atoms with Gasteiger partial charge in [-0.25, -0.2) is 0 Å². The van der Waals surface area contributed by atoms with Gasteiger partial charge in [-0.2, -0.15) is 4.99 Å². The molecule has 0 aliphatic carbocycles. The van der Waals surface area contributed by atoms with Crippen molar-refractivity contribution in [2.24, 2.45) is 4.99 Å². The molecule has 0 atom stereocenters. The van der Waals surface area contributed by atoms with Crippen molar-refractivity contribution in [2.75, 3.05) is 6.54 Å². The quantitative estimate of drug-likeness (QED) is 0.491.